The number of hydrogen-bond donors (Lipinski definition) is 0. The van der Waals surface area contributed by atoms with E-state index in [-0.39, 0.29) is 24.2 Å². The normalized spacial score (nSPS) is 23.0. The third kappa shape index (κ3) is 3.46. The Kier molecular flexibility index (Phi) is 5.44. The third-order valence-electron chi connectivity index (χ3n) is 9.69. The lowest BCUT2D eigenvalue weighted by Gasteiger charge is -2.52. The van der Waals surface area contributed by atoms with Crippen LogP contribution in [0.2, 0.25) is 0 Å². The molecule has 0 N–H and O–H groups in total. The second kappa shape index (κ2) is 9.54. The van der Waals surface area contributed by atoms with Gasteiger partial charge in [0.05, 0.1) is 11.9 Å². The van der Waals surface area contributed by atoms with Gasteiger partial charge in [0, 0.05) is 41.4 Å². The summed E-state index contributed by atoms with van der Waals surface area (Å²) in [5.41, 5.74) is 9.12. The van der Waals surface area contributed by atoms with Gasteiger partial charge in [-0.3, -0.25) is 0 Å². The zero-order chi connectivity index (χ0) is 29.4. The molecule has 0 spiro atoms. The number of amidine groups is 1. The Morgan fingerprint density at radius 3 is 2.25 bits per heavy atom. The molecule has 9 rings (SSSR count). The van der Waals surface area contributed by atoms with Crippen molar-refractivity contribution in [2.75, 3.05) is 26.8 Å². The standard InChI is InChI=1S/C37H31N7/c1-24-21-29-28-18-10-11-19-30(28)43-32-22-38-23-39-35(32)41(2)36(43)33(29)37-42(26-15-7-4-8-16-26)34(25-13-5-3-6-14-25)40-44(37)31-20-12-9-17-27(24)31/h3-20,22-23,29,33,36-37H,1,21H2,2H3. The number of nitrogens with zero attached hydrogens (tertiary/aromatic N) is 7. The third-order valence-corrected chi connectivity index (χ3v) is 9.69. The lowest BCUT2D eigenvalue weighted by Crippen LogP contribution is -2.61. The predicted octanol–water partition coefficient (Wildman–Crippen LogP) is 7.24. The lowest BCUT2D eigenvalue weighted by molar-refractivity contribution is 0.281. The molecular formula is C37H31N7. The van der Waals surface area contributed by atoms with Crippen molar-refractivity contribution in [1.29, 1.82) is 0 Å². The average Bonchev–Trinajstić information content (AvgIpc) is 3.61. The van der Waals surface area contributed by atoms with Crippen molar-refractivity contribution in [2.45, 2.75) is 24.7 Å². The summed E-state index contributed by atoms with van der Waals surface area (Å²) in [4.78, 5) is 16.5. The monoisotopic (exact) mass is 573 g/mol. The molecule has 4 unspecified atom stereocenters. The van der Waals surface area contributed by atoms with E-state index < -0.39 is 0 Å². The molecule has 0 bridgehead atoms. The van der Waals surface area contributed by atoms with Gasteiger partial charge in [-0.25, -0.2) is 15.0 Å². The molecule has 0 saturated carbocycles. The topological polar surface area (TPSA) is 51.1 Å². The van der Waals surface area contributed by atoms with E-state index in [2.05, 4.69) is 141 Å². The van der Waals surface area contributed by atoms with E-state index in [4.69, 9.17) is 16.7 Å². The van der Waals surface area contributed by atoms with Crippen LogP contribution < -0.4 is 19.7 Å². The number of benzene rings is 4. The summed E-state index contributed by atoms with van der Waals surface area (Å²) in [6.45, 7) is 4.70. The fourth-order valence-corrected chi connectivity index (χ4v) is 7.92. The van der Waals surface area contributed by atoms with Crippen molar-refractivity contribution in [3.05, 3.63) is 145 Å². The molecule has 7 heteroatoms. The Morgan fingerprint density at radius 2 is 1.43 bits per heavy atom. The van der Waals surface area contributed by atoms with Crippen LogP contribution in [0, 0.1) is 5.92 Å². The first-order valence-corrected chi connectivity index (χ1v) is 15.2. The Morgan fingerprint density at radius 1 is 0.727 bits per heavy atom. The summed E-state index contributed by atoms with van der Waals surface area (Å²) < 4.78 is 0. The molecule has 4 aliphatic heterocycles. The Hall–Kier alpha value is -5.43. The van der Waals surface area contributed by atoms with Gasteiger partial charge >= 0.3 is 0 Å². The highest BCUT2D eigenvalue weighted by molar-refractivity contribution is 6.13. The van der Waals surface area contributed by atoms with Gasteiger partial charge in [-0.1, -0.05) is 91.5 Å². The number of allylic oxidation sites excluding steroid dienone is 1. The van der Waals surface area contributed by atoms with E-state index in [1.165, 1.54) is 11.3 Å². The number of hydrogen-bond acceptors (Lipinski definition) is 7. The molecule has 0 fully saturated rings. The van der Waals surface area contributed by atoms with Crippen LogP contribution in [0.3, 0.4) is 0 Å². The lowest BCUT2D eigenvalue weighted by atomic mass is 9.72. The van der Waals surface area contributed by atoms with E-state index in [0.717, 1.165) is 51.8 Å². The van der Waals surface area contributed by atoms with Gasteiger partial charge in [0.1, 0.15) is 24.3 Å². The minimum absolute atomic E-state index is 0.0244. The molecule has 5 heterocycles. The molecule has 0 amide bonds. The van der Waals surface area contributed by atoms with E-state index in [9.17, 15) is 0 Å². The van der Waals surface area contributed by atoms with Crippen molar-refractivity contribution in [3.63, 3.8) is 0 Å². The smallest absolute Gasteiger partial charge is 0.162 e. The van der Waals surface area contributed by atoms with Crippen molar-refractivity contribution < 1.29 is 0 Å². The molecule has 1 aromatic heterocycles. The van der Waals surface area contributed by atoms with Gasteiger partial charge < -0.3 is 14.7 Å². The maximum atomic E-state index is 5.52. The molecular weight excluding hydrogens is 542 g/mol. The summed E-state index contributed by atoms with van der Waals surface area (Å²) in [7, 11) is 2.17. The van der Waals surface area contributed by atoms with Crippen LogP contribution >= 0.6 is 0 Å². The van der Waals surface area contributed by atoms with E-state index in [1.807, 2.05) is 6.20 Å². The molecule has 4 aromatic carbocycles. The Bertz CT molecular complexity index is 1940. The SMILES string of the molecule is C=C1CC2c3ccccc3N3c4cncnc4N(C)C3C2C2N(N=C(c3ccccc3)N2c2ccccc2)c2ccccc21. The van der Waals surface area contributed by atoms with Crippen molar-refractivity contribution in [1.82, 2.24) is 9.97 Å². The zero-order valence-electron chi connectivity index (χ0n) is 24.4. The minimum atomic E-state index is -0.141. The zero-order valence-corrected chi connectivity index (χ0v) is 24.4. The van der Waals surface area contributed by atoms with Crippen LogP contribution in [-0.4, -0.2) is 35.2 Å². The molecule has 0 aliphatic carbocycles. The maximum absolute atomic E-state index is 5.52. The number of fused-ring (bicyclic) bond motifs is 12. The van der Waals surface area contributed by atoms with Gasteiger partial charge in [-0.2, -0.15) is 5.10 Å². The highest BCUT2D eigenvalue weighted by Gasteiger charge is 2.57. The fraction of sp³-hybridized carbons (Fsp3) is 0.162. The number of aromatic nitrogens is 2. The number of para-hydroxylation sites is 3. The van der Waals surface area contributed by atoms with Crippen LogP contribution in [0.1, 0.15) is 29.0 Å². The predicted molar refractivity (Wildman–Crippen MR) is 177 cm³/mol. The molecule has 4 atom stereocenters. The van der Waals surface area contributed by atoms with Crippen LogP contribution in [0.4, 0.5) is 28.6 Å². The summed E-state index contributed by atoms with van der Waals surface area (Å²) in [6.07, 6.45) is 4.29. The maximum Gasteiger partial charge on any atom is 0.162 e. The molecule has 0 saturated heterocycles. The van der Waals surface area contributed by atoms with E-state index >= 15 is 0 Å². The first kappa shape index (κ1) is 25.1. The second-order valence-electron chi connectivity index (χ2n) is 11.9. The van der Waals surface area contributed by atoms with Gasteiger partial charge in [-0.05, 0) is 41.8 Å². The van der Waals surface area contributed by atoms with Gasteiger partial charge in [0.2, 0.25) is 0 Å². The highest BCUT2D eigenvalue weighted by Crippen LogP contribution is 2.58. The molecule has 44 heavy (non-hydrogen) atoms. The highest BCUT2D eigenvalue weighted by atomic mass is 15.6. The summed E-state index contributed by atoms with van der Waals surface area (Å²) in [6, 6.07) is 38.8. The van der Waals surface area contributed by atoms with Gasteiger partial charge in [0.15, 0.2) is 11.7 Å². The summed E-state index contributed by atoms with van der Waals surface area (Å²) in [5, 5.41) is 7.80. The van der Waals surface area contributed by atoms with Crippen molar-refractivity contribution in [2.24, 2.45) is 11.0 Å². The quantitative estimate of drug-likeness (QED) is 0.222. The van der Waals surface area contributed by atoms with Crippen LogP contribution in [0.15, 0.2) is 133 Å². The Balaban J connectivity index is 1.35. The molecule has 214 valence electrons. The van der Waals surface area contributed by atoms with E-state index in [0.29, 0.717) is 0 Å². The first-order chi connectivity index (χ1) is 21.7. The molecule has 5 aromatic rings. The average molecular weight is 574 g/mol. The Labute approximate surface area is 257 Å². The summed E-state index contributed by atoms with van der Waals surface area (Å²) >= 11 is 0. The minimum Gasteiger partial charge on any atom is -0.337 e. The van der Waals surface area contributed by atoms with Crippen molar-refractivity contribution >= 4 is 40.0 Å². The van der Waals surface area contributed by atoms with Crippen LogP contribution in [0.25, 0.3) is 5.57 Å². The largest absolute Gasteiger partial charge is 0.337 e. The summed E-state index contributed by atoms with van der Waals surface area (Å²) in [5.74, 6) is 2.12. The number of rotatable bonds is 2. The molecule has 4 aliphatic rings. The molecule has 0 radical (unpaired) electrons. The van der Waals surface area contributed by atoms with Crippen molar-refractivity contribution in [3.8, 4) is 0 Å². The van der Waals surface area contributed by atoms with Gasteiger partial charge in [0.25, 0.3) is 0 Å². The molecule has 7 nitrogen and oxygen atoms in total. The van der Waals surface area contributed by atoms with E-state index in [1.54, 1.807) is 6.33 Å². The second-order valence-corrected chi connectivity index (χ2v) is 11.9. The first-order valence-electron chi connectivity index (χ1n) is 15.2. The number of hydrazone groups is 1. The van der Waals surface area contributed by atoms with Gasteiger partial charge in [-0.15, -0.1) is 0 Å². The number of anilines is 5. The van der Waals surface area contributed by atoms with Crippen LogP contribution in [-0.2, 0) is 0 Å². The fourth-order valence-electron chi connectivity index (χ4n) is 7.92. The van der Waals surface area contributed by atoms with Crippen LogP contribution in [0.5, 0.6) is 0 Å².